The van der Waals surface area contributed by atoms with Gasteiger partial charge >= 0.3 is 0 Å². The van der Waals surface area contributed by atoms with Crippen LogP contribution in [0.5, 0.6) is 0 Å². The summed E-state index contributed by atoms with van der Waals surface area (Å²) in [6, 6.07) is 5.15. The average molecular weight is 189 g/mol. The molecular formula is C9H10F3N. The molecule has 0 spiro atoms. The van der Waals surface area contributed by atoms with Gasteiger partial charge < -0.3 is 5.73 Å². The largest absolute Gasteiger partial charge is 0.325 e. The summed E-state index contributed by atoms with van der Waals surface area (Å²) in [7, 11) is 0. The predicted molar refractivity (Wildman–Crippen MR) is 44.1 cm³/mol. The zero-order valence-electron chi connectivity index (χ0n) is 6.93. The van der Waals surface area contributed by atoms with Gasteiger partial charge in [0.05, 0.1) is 6.54 Å². The first-order chi connectivity index (χ1) is 6.03. The molecule has 0 saturated heterocycles. The molecule has 0 aliphatic rings. The number of halogens is 3. The van der Waals surface area contributed by atoms with Gasteiger partial charge in [-0.05, 0) is 17.7 Å². The Labute approximate surface area is 74.4 Å². The van der Waals surface area contributed by atoms with E-state index in [1.165, 1.54) is 18.2 Å². The summed E-state index contributed by atoms with van der Waals surface area (Å²) in [5, 5.41) is 0. The van der Waals surface area contributed by atoms with Crippen molar-refractivity contribution in [2.45, 2.75) is 12.3 Å². The van der Waals surface area contributed by atoms with Crippen LogP contribution in [0.25, 0.3) is 0 Å². The summed E-state index contributed by atoms with van der Waals surface area (Å²) < 4.78 is 38.0. The third-order valence-corrected chi connectivity index (χ3v) is 1.65. The van der Waals surface area contributed by atoms with Crippen LogP contribution in [-0.2, 0) is 6.42 Å². The van der Waals surface area contributed by atoms with Gasteiger partial charge in [-0.1, -0.05) is 12.1 Å². The molecule has 1 nitrogen and oxygen atoms in total. The molecule has 0 aliphatic carbocycles. The maximum atomic E-state index is 12.7. The van der Waals surface area contributed by atoms with Crippen LogP contribution in [0.4, 0.5) is 13.2 Å². The zero-order valence-corrected chi connectivity index (χ0v) is 6.93. The molecule has 0 amide bonds. The van der Waals surface area contributed by atoms with Gasteiger partial charge in [-0.2, -0.15) is 0 Å². The van der Waals surface area contributed by atoms with Crippen LogP contribution in [0.2, 0.25) is 0 Å². The van der Waals surface area contributed by atoms with Gasteiger partial charge in [0.1, 0.15) is 5.82 Å². The summed E-state index contributed by atoms with van der Waals surface area (Å²) in [4.78, 5) is 0. The second-order valence-corrected chi connectivity index (χ2v) is 2.87. The fourth-order valence-corrected chi connectivity index (χ4v) is 1.02. The summed E-state index contributed by atoms with van der Waals surface area (Å²) in [5.74, 6) is -3.46. The molecule has 0 aromatic heterocycles. The Morgan fingerprint density at radius 2 is 2.00 bits per heavy atom. The van der Waals surface area contributed by atoms with Crippen molar-refractivity contribution in [3.05, 3.63) is 35.6 Å². The van der Waals surface area contributed by atoms with Crippen LogP contribution < -0.4 is 5.73 Å². The van der Waals surface area contributed by atoms with Crippen molar-refractivity contribution in [1.82, 2.24) is 0 Å². The van der Waals surface area contributed by atoms with E-state index in [-0.39, 0.29) is 5.56 Å². The van der Waals surface area contributed by atoms with E-state index in [9.17, 15) is 13.2 Å². The van der Waals surface area contributed by atoms with Crippen molar-refractivity contribution in [2.75, 3.05) is 6.54 Å². The van der Waals surface area contributed by atoms with E-state index in [0.717, 1.165) is 6.07 Å². The Hall–Kier alpha value is -1.03. The maximum absolute atomic E-state index is 12.7. The molecule has 13 heavy (non-hydrogen) atoms. The number of alkyl halides is 2. The maximum Gasteiger partial charge on any atom is 0.264 e. The molecule has 2 N–H and O–H groups in total. The molecule has 4 heteroatoms. The van der Waals surface area contributed by atoms with Crippen molar-refractivity contribution >= 4 is 0 Å². The van der Waals surface area contributed by atoms with Gasteiger partial charge in [0.25, 0.3) is 5.92 Å². The van der Waals surface area contributed by atoms with E-state index in [1.54, 1.807) is 0 Å². The Kier molecular flexibility index (Phi) is 2.93. The summed E-state index contributed by atoms with van der Waals surface area (Å²) >= 11 is 0. The minimum atomic E-state index is -2.95. The van der Waals surface area contributed by atoms with Crippen LogP contribution in [0.1, 0.15) is 5.56 Å². The van der Waals surface area contributed by atoms with Crippen LogP contribution in [-0.4, -0.2) is 12.5 Å². The van der Waals surface area contributed by atoms with Crippen LogP contribution in [0.3, 0.4) is 0 Å². The molecule has 0 saturated carbocycles. The van der Waals surface area contributed by atoms with E-state index >= 15 is 0 Å². The number of benzene rings is 1. The minimum absolute atomic E-state index is 0.260. The monoisotopic (exact) mass is 189 g/mol. The lowest BCUT2D eigenvalue weighted by atomic mass is 10.1. The molecule has 0 atom stereocenters. The lowest BCUT2D eigenvalue weighted by molar-refractivity contribution is 0.0114. The SMILES string of the molecule is NCC(F)(F)Cc1cccc(F)c1. The van der Waals surface area contributed by atoms with Crippen molar-refractivity contribution < 1.29 is 13.2 Å². The zero-order chi connectivity index (χ0) is 9.90. The van der Waals surface area contributed by atoms with Crippen LogP contribution >= 0.6 is 0 Å². The van der Waals surface area contributed by atoms with Gasteiger partial charge in [0, 0.05) is 6.42 Å². The van der Waals surface area contributed by atoms with Gasteiger partial charge in [-0.15, -0.1) is 0 Å². The fourth-order valence-electron chi connectivity index (χ4n) is 1.02. The smallest absolute Gasteiger partial charge is 0.264 e. The van der Waals surface area contributed by atoms with E-state index in [2.05, 4.69) is 0 Å². The molecule has 0 bridgehead atoms. The molecule has 0 fully saturated rings. The van der Waals surface area contributed by atoms with Crippen molar-refractivity contribution in [1.29, 1.82) is 0 Å². The number of nitrogens with two attached hydrogens (primary N) is 1. The van der Waals surface area contributed by atoms with Gasteiger partial charge in [0.15, 0.2) is 0 Å². The van der Waals surface area contributed by atoms with Gasteiger partial charge in [-0.25, -0.2) is 13.2 Å². The van der Waals surface area contributed by atoms with Crippen LogP contribution in [0, 0.1) is 5.82 Å². The molecule has 0 aliphatic heterocycles. The topological polar surface area (TPSA) is 26.0 Å². The highest BCUT2D eigenvalue weighted by atomic mass is 19.3. The Balaban J connectivity index is 2.74. The van der Waals surface area contributed by atoms with E-state index < -0.39 is 24.7 Å². The fraction of sp³-hybridized carbons (Fsp3) is 0.333. The molecule has 0 unspecified atom stereocenters. The van der Waals surface area contributed by atoms with Crippen LogP contribution in [0.15, 0.2) is 24.3 Å². The molecular weight excluding hydrogens is 179 g/mol. The van der Waals surface area contributed by atoms with E-state index in [4.69, 9.17) is 5.73 Å². The van der Waals surface area contributed by atoms with E-state index in [1.807, 2.05) is 0 Å². The predicted octanol–water partition coefficient (Wildman–Crippen LogP) is 1.96. The van der Waals surface area contributed by atoms with Crippen molar-refractivity contribution in [3.63, 3.8) is 0 Å². The lowest BCUT2D eigenvalue weighted by Crippen LogP contribution is -2.30. The third-order valence-electron chi connectivity index (χ3n) is 1.65. The normalized spacial score (nSPS) is 11.7. The number of hydrogen-bond acceptors (Lipinski definition) is 1. The highest BCUT2D eigenvalue weighted by Gasteiger charge is 2.26. The number of hydrogen-bond donors (Lipinski definition) is 1. The third kappa shape index (κ3) is 3.06. The minimum Gasteiger partial charge on any atom is -0.325 e. The van der Waals surface area contributed by atoms with Crippen molar-refractivity contribution in [2.24, 2.45) is 5.73 Å². The highest BCUT2D eigenvalue weighted by molar-refractivity contribution is 5.17. The Bertz CT molecular complexity index is 286. The first kappa shape index (κ1) is 10.1. The quantitative estimate of drug-likeness (QED) is 0.772. The Morgan fingerprint density at radius 3 is 2.54 bits per heavy atom. The molecule has 72 valence electrons. The molecule has 1 aromatic carbocycles. The van der Waals surface area contributed by atoms with Gasteiger partial charge in [-0.3, -0.25) is 0 Å². The average Bonchev–Trinajstić information content (AvgIpc) is 2.03. The number of rotatable bonds is 3. The summed E-state index contributed by atoms with van der Waals surface area (Å²) in [6.07, 6.45) is -0.513. The standard InChI is InChI=1S/C9H10F3N/c10-8-3-1-2-7(4-8)5-9(11,12)6-13/h1-4H,5-6,13H2. The summed E-state index contributed by atoms with van der Waals surface area (Å²) in [6.45, 7) is -0.719. The van der Waals surface area contributed by atoms with E-state index in [0.29, 0.717) is 0 Å². The first-order valence-electron chi connectivity index (χ1n) is 3.86. The highest BCUT2D eigenvalue weighted by Crippen LogP contribution is 2.18. The first-order valence-corrected chi connectivity index (χ1v) is 3.86. The van der Waals surface area contributed by atoms with Crippen molar-refractivity contribution in [3.8, 4) is 0 Å². The molecule has 0 heterocycles. The lowest BCUT2D eigenvalue weighted by Gasteiger charge is -2.13. The molecule has 0 radical (unpaired) electrons. The van der Waals surface area contributed by atoms with Gasteiger partial charge in [0.2, 0.25) is 0 Å². The second-order valence-electron chi connectivity index (χ2n) is 2.87. The molecule has 1 rings (SSSR count). The summed E-state index contributed by atoms with van der Waals surface area (Å²) in [5.41, 5.74) is 5.11. The second kappa shape index (κ2) is 3.79. The molecule has 1 aromatic rings. The Morgan fingerprint density at radius 1 is 1.31 bits per heavy atom.